The van der Waals surface area contributed by atoms with Crippen LogP contribution in [0, 0.1) is 34.0 Å². The number of esters is 3. The van der Waals surface area contributed by atoms with Crippen molar-refractivity contribution in [2.45, 2.75) is 97.4 Å². The number of carboxylic acid groups (broad SMARTS) is 1. The summed E-state index contributed by atoms with van der Waals surface area (Å²) < 4.78 is 17.1. The van der Waals surface area contributed by atoms with Crippen LogP contribution in [0.5, 0.6) is 0 Å². The number of carboxylic acids is 1. The molecule has 4 fully saturated rings. The third-order valence-electron chi connectivity index (χ3n) is 10.00. The van der Waals surface area contributed by atoms with Crippen LogP contribution in [0.15, 0.2) is 0 Å². The first-order chi connectivity index (χ1) is 16.2. The third-order valence-corrected chi connectivity index (χ3v) is 10.00. The maximum absolute atomic E-state index is 12.5. The van der Waals surface area contributed by atoms with Crippen LogP contribution < -0.4 is 0 Å². The van der Waals surface area contributed by atoms with Gasteiger partial charge in [0.15, 0.2) is 0 Å². The lowest BCUT2D eigenvalue weighted by atomic mass is 9.40. The molecule has 4 saturated carbocycles. The zero-order chi connectivity index (χ0) is 26.0. The number of fused-ring (bicyclic) bond motifs is 3. The number of hydrogen-bond acceptors (Lipinski definition) is 8. The average Bonchev–Trinajstić information content (AvgIpc) is 2.90. The molecule has 1 spiro atoms. The van der Waals surface area contributed by atoms with Crippen molar-refractivity contribution in [1.29, 1.82) is 0 Å². The van der Waals surface area contributed by atoms with Crippen molar-refractivity contribution in [2.24, 2.45) is 34.0 Å². The molecule has 4 aliphatic rings. The van der Waals surface area contributed by atoms with E-state index in [9.17, 15) is 29.4 Å². The Morgan fingerprint density at radius 1 is 0.943 bits per heavy atom. The first kappa shape index (κ1) is 25.9. The number of carbonyl (C=O) groups excluding carboxylic acids is 3. The SMILES string of the molecule is CC(=O)OC[C@@]1(O)[C@H]2C[C@H](OC(C)=O)[C@H]3[C@]4(C)CCC[C@@](C)(C(=O)O)[C@H]4CC[C@]3(C2)[C@@H]1OC(C)=O. The summed E-state index contributed by atoms with van der Waals surface area (Å²) in [5, 5.41) is 22.2. The molecule has 9 nitrogen and oxygen atoms in total. The Balaban J connectivity index is 1.87. The van der Waals surface area contributed by atoms with Crippen LogP contribution in [0.25, 0.3) is 0 Å². The van der Waals surface area contributed by atoms with Gasteiger partial charge in [0, 0.05) is 32.1 Å². The van der Waals surface area contributed by atoms with E-state index in [1.165, 1.54) is 20.8 Å². The van der Waals surface area contributed by atoms with Gasteiger partial charge in [-0.3, -0.25) is 19.2 Å². The lowest BCUT2D eigenvalue weighted by molar-refractivity contribution is -0.231. The van der Waals surface area contributed by atoms with Gasteiger partial charge in [0.05, 0.1) is 5.41 Å². The van der Waals surface area contributed by atoms with Crippen LogP contribution in [0.1, 0.15) is 79.6 Å². The zero-order valence-corrected chi connectivity index (χ0v) is 21.3. The molecular formula is C26H38O9. The largest absolute Gasteiger partial charge is 0.481 e. The lowest BCUT2D eigenvalue weighted by Gasteiger charge is -2.64. The van der Waals surface area contributed by atoms with Crippen molar-refractivity contribution >= 4 is 23.9 Å². The van der Waals surface area contributed by atoms with Gasteiger partial charge >= 0.3 is 23.9 Å². The number of aliphatic hydroxyl groups is 1. The molecule has 2 bridgehead atoms. The molecule has 0 heterocycles. The highest BCUT2D eigenvalue weighted by Gasteiger charge is 2.76. The summed E-state index contributed by atoms with van der Waals surface area (Å²) in [7, 11) is 0. The highest BCUT2D eigenvalue weighted by Crippen LogP contribution is 2.73. The Kier molecular flexibility index (Phi) is 6.26. The molecule has 0 aromatic rings. The molecule has 9 atom stereocenters. The molecule has 0 aromatic carbocycles. The van der Waals surface area contributed by atoms with E-state index < -0.39 is 63.8 Å². The minimum atomic E-state index is -1.63. The Bertz CT molecular complexity index is 932. The standard InChI is InChI=1S/C26H38O9/c1-14(27)33-13-26(32)17-11-18(34-15(2)28)20-23(4)8-6-9-24(5,22(30)31)19(23)7-10-25(20,12-17)21(26)35-16(3)29/h17-21,32H,6-13H2,1-5H3,(H,30,31)/t17-,18-,19-,20-,21-,23+,24+,25+,26+/m0/s1. The van der Waals surface area contributed by atoms with Crippen molar-refractivity contribution in [1.82, 2.24) is 0 Å². The second kappa shape index (κ2) is 8.46. The normalized spacial score (nSPS) is 46.1. The van der Waals surface area contributed by atoms with Gasteiger partial charge in [-0.15, -0.1) is 0 Å². The van der Waals surface area contributed by atoms with E-state index in [4.69, 9.17) is 14.2 Å². The smallest absolute Gasteiger partial charge is 0.309 e. The van der Waals surface area contributed by atoms with E-state index in [2.05, 4.69) is 6.92 Å². The summed E-state index contributed by atoms with van der Waals surface area (Å²) in [5.74, 6) is -3.26. The summed E-state index contributed by atoms with van der Waals surface area (Å²) >= 11 is 0. The first-order valence-electron chi connectivity index (χ1n) is 12.6. The predicted octanol–water partition coefficient (Wildman–Crippen LogP) is 2.86. The molecule has 196 valence electrons. The van der Waals surface area contributed by atoms with E-state index in [1.807, 2.05) is 6.92 Å². The lowest BCUT2D eigenvalue weighted by Crippen LogP contribution is -2.65. The van der Waals surface area contributed by atoms with Gasteiger partial charge < -0.3 is 24.4 Å². The van der Waals surface area contributed by atoms with Crippen LogP contribution in [-0.2, 0) is 33.4 Å². The summed E-state index contributed by atoms with van der Waals surface area (Å²) in [6.45, 7) is 7.49. The molecule has 4 rings (SSSR count). The van der Waals surface area contributed by atoms with Crippen LogP contribution in [0.4, 0.5) is 0 Å². The topological polar surface area (TPSA) is 136 Å². The third kappa shape index (κ3) is 3.76. The van der Waals surface area contributed by atoms with Gasteiger partial charge in [-0.05, 0) is 62.7 Å². The highest BCUT2D eigenvalue weighted by atomic mass is 16.6. The van der Waals surface area contributed by atoms with Gasteiger partial charge in [0.2, 0.25) is 0 Å². The van der Waals surface area contributed by atoms with Gasteiger partial charge in [-0.25, -0.2) is 0 Å². The fraction of sp³-hybridized carbons (Fsp3) is 0.846. The highest BCUT2D eigenvalue weighted by molar-refractivity contribution is 5.75. The Morgan fingerprint density at radius 2 is 1.60 bits per heavy atom. The molecule has 2 N–H and O–H groups in total. The van der Waals surface area contributed by atoms with Crippen molar-refractivity contribution in [2.75, 3.05) is 6.61 Å². The second-order valence-electron chi connectivity index (χ2n) is 11.9. The minimum absolute atomic E-state index is 0.161. The number of ether oxygens (including phenoxy) is 3. The summed E-state index contributed by atoms with van der Waals surface area (Å²) in [6.07, 6.45) is 2.49. The van der Waals surface area contributed by atoms with E-state index in [1.54, 1.807) is 0 Å². The van der Waals surface area contributed by atoms with Gasteiger partial charge in [0.25, 0.3) is 0 Å². The van der Waals surface area contributed by atoms with Crippen LogP contribution >= 0.6 is 0 Å². The maximum atomic E-state index is 12.5. The fourth-order valence-electron chi connectivity index (χ4n) is 9.02. The van der Waals surface area contributed by atoms with Crippen molar-refractivity contribution in [3.8, 4) is 0 Å². The van der Waals surface area contributed by atoms with E-state index in [-0.39, 0.29) is 18.4 Å². The molecule has 0 amide bonds. The van der Waals surface area contributed by atoms with Gasteiger partial charge in [0.1, 0.15) is 24.4 Å². The Hall–Kier alpha value is -2.16. The van der Waals surface area contributed by atoms with Crippen LogP contribution in [-0.4, -0.2) is 58.5 Å². The minimum Gasteiger partial charge on any atom is -0.481 e. The van der Waals surface area contributed by atoms with Crippen molar-refractivity contribution in [3.63, 3.8) is 0 Å². The van der Waals surface area contributed by atoms with E-state index in [0.717, 1.165) is 6.42 Å². The Labute approximate surface area is 205 Å². The monoisotopic (exact) mass is 494 g/mol. The quantitative estimate of drug-likeness (QED) is 0.437. The van der Waals surface area contributed by atoms with Crippen molar-refractivity contribution < 1.29 is 43.6 Å². The Morgan fingerprint density at radius 3 is 2.17 bits per heavy atom. The first-order valence-corrected chi connectivity index (χ1v) is 12.6. The summed E-state index contributed by atoms with van der Waals surface area (Å²) in [5.41, 5.74) is -3.79. The number of rotatable bonds is 5. The van der Waals surface area contributed by atoms with Gasteiger partial charge in [-0.1, -0.05) is 13.3 Å². The summed E-state index contributed by atoms with van der Waals surface area (Å²) in [4.78, 5) is 48.6. The van der Waals surface area contributed by atoms with E-state index >= 15 is 0 Å². The number of carbonyl (C=O) groups is 4. The number of aliphatic carboxylic acids is 1. The van der Waals surface area contributed by atoms with Crippen molar-refractivity contribution in [3.05, 3.63) is 0 Å². The van der Waals surface area contributed by atoms with Crippen LogP contribution in [0.3, 0.4) is 0 Å². The molecule has 0 saturated heterocycles. The number of hydrogen-bond donors (Lipinski definition) is 2. The zero-order valence-electron chi connectivity index (χ0n) is 21.3. The molecule has 0 aliphatic heterocycles. The van der Waals surface area contributed by atoms with Gasteiger partial charge in [-0.2, -0.15) is 0 Å². The summed E-state index contributed by atoms with van der Waals surface area (Å²) in [6, 6.07) is 0. The molecule has 4 aliphatic carbocycles. The second-order valence-corrected chi connectivity index (χ2v) is 11.9. The molecule has 0 unspecified atom stereocenters. The van der Waals surface area contributed by atoms with Crippen LogP contribution in [0.2, 0.25) is 0 Å². The molecule has 35 heavy (non-hydrogen) atoms. The average molecular weight is 495 g/mol. The molecule has 0 aromatic heterocycles. The molecular weight excluding hydrogens is 456 g/mol. The maximum Gasteiger partial charge on any atom is 0.309 e. The fourth-order valence-corrected chi connectivity index (χ4v) is 9.02. The predicted molar refractivity (Wildman–Crippen MR) is 122 cm³/mol. The molecule has 0 radical (unpaired) electrons. The molecule has 9 heteroatoms. The van der Waals surface area contributed by atoms with E-state index in [0.29, 0.717) is 38.5 Å².